The van der Waals surface area contributed by atoms with Crippen LogP contribution in [0.1, 0.15) is 11.1 Å². The Labute approximate surface area is 126 Å². The first kappa shape index (κ1) is 15.1. The molecule has 0 heterocycles. The topological polar surface area (TPSA) is 36.4 Å². The summed E-state index contributed by atoms with van der Waals surface area (Å²) in [6.45, 7) is 1.99. The van der Waals surface area contributed by atoms with Crippen LogP contribution in [0, 0.1) is 18.6 Å². The van der Waals surface area contributed by atoms with E-state index >= 15 is 0 Å². The first-order chi connectivity index (χ1) is 10.0. The van der Waals surface area contributed by atoms with Crippen LogP contribution in [0.15, 0.2) is 47.6 Å². The molecule has 0 bridgehead atoms. The number of rotatable bonds is 3. The van der Waals surface area contributed by atoms with Crippen LogP contribution in [0.5, 0.6) is 0 Å². The van der Waals surface area contributed by atoms with Crippen LogP contribution >= 0.6 is 12.2 Å². The summed E-state index contributed by atoms with van der Waals surface area (Å²) in [5.41, 5.74) is 5.02. The number of nitrogens with zero attached hydrogens (tertiary/aromatic N) is 1. The largest absolute Gasteiger partial charge is 0.331 e. The highest BCUT2D eigenvalue weighted by atomic mass is 32.1. The summed E-state index contributed by atoms with van der Waals surface area (Å²) in [4.78, 5) is 0. The van der Waals surface area contributed by atoms with Gasteiger partial charge in [-0.2, -0.15) is 5.10 Å². The highest BCUT2D eigenvalue weighted by molar-refractivity contribution is 7.80. The molecule has 2 rings (SSSR count). The summed E-state index contributed by atoms with van der Waals surface area (Å²) in [6, 6.07) is 11.2. The number of aryl methyl sites for hydroxylation is 1. The Balaban J connectivity index is 1.89. The quantitative estimate of drug-likeness (QED) is 0.517. The first-order valence-electron chi connectivity index (χ1n) is 6.16. The Morgan fingerprint density at radius 2 is 1.81 bits per heavy atom. The number of thiocarbonyl (C=S) groups is 1. The fourth-order valence-electron chi connectivity index (χ4n) is 1.55. The van der Waals surface area contributed by atoms with Gasteiger partial charge in [-0.1, -0.05) is 23.8 Å². The van der Waals surface area contributed by atoms with E-state index in [0.717, 1.165) is 23.4 Å². The van der Waals surface area contributed by atoms with Gasteiger partial charge in [-0.25, -0.2) is 8.78 Å². The summed E-state index contributed by atoms with van der Waals surface area (Å²) in [7, 11) is 0. The summed E-state index contributed by atoms with van der Waals surface area (Å²) in [5.74, 6) is -1.81. The Kier molecular flexibility index (Phi) is 4.94. The highest BCUT2D eigenvalue weighted by Crippen LogP contribution is 2.08. The van der Waals surface area contributed by atoms with Gasteiger partial charge in [-0.15, -0.1) is 0 Å². The molecule has 0 radical (unpaired) electrons. The van der Waals surface area contributed by atoms with E-state index in [0.29, 0.717) is 10.7 Å². The maximum absolute atomic E-state index is 13.0. The van der Waals surface area contributed by atoms with Crippen LogP contribution in [0.4, 0.5) is 14.5 Å². The number of nitrogens with one attached hydrogen (secondary N) is 2. The van der Waals surface area contributed by atoms with Crippen molar-refractivity contribution in [3.8, 4) is 0 Å². The lowest BCUT2D eigenvalue weighted by molar-refractivity contribution is 0.508. The van der Waals surface area contributed by atoms with Crippen LogP contribution in [-0.2, 0) is 0 Å². The number of hydrazone groups is 1. The molecule has 6 heteroatoms. The van der Waals surface area contributed by atoms with Crippen molar-refractivity contribution in [3.63, 3.8) is 0 Å². The fraction of sp³-hybridized carbons (Fsp3) is 0.0667. The molecule has 0 atom stereocenters. The normalized spacial score (nSPS) is 10.6. The van der Waals surface area contributed by atoms with Crippen LogP contribution in [0.2, 0.25) is 0 Å². The van der Waals surface area contributed by atoms with Crippen molar-refractivity contribution in [1.29, 1.82) is 0 Å². The predicted octanol–water partition coefficient (Wildman–Crippen LogP) is 3.59. The lowest BCUT2D eigenvalue weighted by Gasteiger charge is -2.06. The summed E-state index contributed by atoms with van der Waals surface area (Å²) in [5, 5.41) is 7.11. The van der Waals surface area contributed by atoms with E-state index in [9.17, 15) is 8.78 Å². The summed E-state index contributed by atoms with van der Waals surface area (Å²) < 4.78 is 25.7. The molecule has 0 aliphatic heterocycles. The van der Waals surface area contributed by atoms with Crippen molar-refractivity contribution in [2.75, 3.05) is 5.32 Å². The van der Waals surface area contributed by atoms with Gasteiger partial charge in [0.25, 0.3) is 0 Å². The highest BCUT2D eigenvalue weighted by Gasteiger charge is 2.00. The molecule has 0 saturated heterocycles. The van der Waals surface area contributed by atoms with E-state index in [1.807, 2.05) is 31.2 Å². The number of hydrogen-bond acceptors (Lipinski definition) is 2. The molecule has 0 fully saturated rings. The average Bonchev–Trinajstić information content (AvgIpc) is 2.45. The Morgan fingerprint density at radius 1 is 1.10 bits per heavy atom. The van der Waals surface area contributed by atoms with E-state index < -0.39 is 11.6 Å². The van der Waals surface area contributed by atoms with Crippen LogP contribution < -0.4 is 10.7 Å². The van der Waals surface area contributed by atoms with Gasteiger partial charge in [0, 0.05) is 5.69 Å². The Morgan fingerprint density at radius 3 is 2.48 bits per heavy atom. The molecular weight excluding hydrogens is 292 g/mol. The van der Waals surface area contributed by atoms with Crippen molar-refractivity contribution >= 4 is 29.2 Å². The van der Waals surface area contributed by atoms with Crippen molar-refractivity contribution in [2.45, 2.75) is 6.92 Å². The van der Waals surface area contributed by atoms with E-state index in [-0.39, 0.29) is 0 Å². The van der Waals surface area contributed by atoms with Gasteiger partial charge in [0.15, 0.2) is 16.7 Å². The SMILES string of the molecule is Cc1ccc(NC(=S)N/N=C\c2ccc(F)c(F)c2)cc1. The van der Waals surface area contributed by atoms with Gasteiger partial charge in [-0.3, -0.25) is 5.43 Å². The number of hydrogen-bond donors (Lipinski definition) is 2. The lowest BCUT2D eigenvalue weighted by atomic mass is 10.2. The lowest BCUT2D eigenvalue weighted by Crippen LogP contribution is -2.23. The minimum atomic E-state index is -0.917. The third kappa shape index (κ3) is 4.61. The van der Waals surface area contributed by atoms with Crippen LogP contribution in [0.25, 0.3) is 0 Å². The van der Waals surface area contributed by atoms with Crippen molar-refractivity contribution in [2.24, 2.45) is 5.10 Å². The molecule has 108 valence electrons. The molecule has 0 unspecified atom stereocenters. The molecule has 21 heavy (non-hydrogen) atoms. The van der Waals surface area contributed by atoms with Crippen molar-refractivity contribution < 1.29 is 8.78 Å². The second-order valence-corrected chi connectivity index (χ2v) is 4.77. The van der Waals surface area contributed by atoms with Gasteiger partial charge in [0.2, 0.25) is 0 Å². The van der Waals surface area contributed by atoms with Gasteiger partial charge in [0.1, 0.15) is 0 Å². The minimum Gasteiger partial charge on any atom is -0.331 e. The Bertz CT molecular complexity index is 669. The molecule has 2 N–H and O–H groups in total. The standard InChI is InChI=1S/C15H13F2N3S/c1-10-2-5-12(6-3-10)19-15(21)20-18-9-11-4-7-13(16)14(17)8-11/h2-9H,1H3,(H2,19,20,21)/b18-9-. The number of halogens is 2. The second kappa shape index (κ2) is 6.90. The third-order valence-corrected chi connectivity index (χ3v) is 2.83. The first-order valence-corrected chi connectivity index (χ1v) is 6.57. The molecule has 0 saturated carbocycles. The van der Waals surface area contributed by atoms with Gasteiger partial charge in [-0.05, 0) is 49.0 Å². The zero-order valence-corrected chi connectivity index (χ0v) is 12.0. The Hall–Kier alpha value is -2.34. The van der Waals surface area contributed by atoms with E-state index in [1.54, 1.807) is 0 Å². The smallest absolute Gasteiger partial charge is 0.191 e. The molecule has 0 spiro atoms. The zero-order chi connectivity index (χ0) is 15.2. The minimum absolute atomic E-state index is 0.303. The molecule has 0 amide bonds. The average molecular weight is 305 g/mol. The van der Waals surface area contributed by atoms with Gasteiger partial charge < -0.3 is 5.32 Å². The molecule has 3 nitrogen and oxygen atoms in total. The molecule has 2 aromatic carbocycles. The van der Waals surface area contributed by atoms with Crippen molar-refractivity contribution in [1.82, 2.24) is 5.43 Å². The number of benzene rings is 2. The molecule has 0 aromatic heterocycles. The summed E-state index contributed by atoms with van der Waals surface area (Å²) >= 11 is 5.06. The van der Waals surface area contributed by atoms with E-state index in [2.05, 4.69) is 15.8 Å². The maximum Gasteiger partial charge on any atom is 0.191 e. The fourth-order valence-corrected chi connectivity index (χ4v) is 1.72. The van der Waals surface area contributed by atoms with Crippen LogP contribution in [-0.4, -0.2) is 11.3 Å². The van der Waals surface area contributed by atoms with Gasteiger partial charge in [0.05, 0.1) is 6.21 Å². The second-order valence-electron chi connectivity index (χ2n) is 4.36. The molecule has 0 aliphatic rings. The molecule has 0 aliphatic carbocycles. The van der Waals surface area contributed by atoms with Crippen molar-refractivity contribution in [3.05, 3.63) is 65.2 Å². The molecular formula is C15H13F2N3S. The van der Waals surface area contributed by atoms with E-state index in [1.165, 1.54) is 12.3 Å². The van der Waals surface area contributed by atoms with Gasteiger partial charge >= 0.3 is 0 Å². The number of anilines is 1. The monoisotopic (exact) mass is 305 g/mol. The van der Waals surface area contributed by atoms with E-state index in [4.69, 9.17) is 12.2 Å². The summed E-state index contributed by atoms with van der Waals surface area (Å²) in [6.07, 6.45) is 1.35. The maximum atomic E-state index is 13.0. The molecule has 2 aromatic rings. The third-order valence-electron chi connectivity index (χ3n) is 2.63. The zero-order valence-electron chi connectivity index (χ0n) is 11.2. The van der Waals surface area contributed by atoms with Crippen LogP contribution in [0.3, 0.4) is 0 Å². The predicted molar refractivity (Wildman–Crippen MR) is 84.5 cm³/mol.